The van der Waals surface area contributed by atoms with Crippen molar-refractivity contribution >= 4 is 10.9 Å². The average molecular weight is 390 g/mol. The maximum Gasteiger partial charge on any atom is 0.420 e. The van der Waals surface area contributed by atoms with E-state index in [1.165, 1.54) is 12.1 Å². The van der Waals surface area contributed by atoms with E-state index in [1.54, 1.807) is 32.0 Å². The standard InChI is InChI=1S/C21H21F3N2O2/c1-13(2)27-16-5-7-19(17(12-16)21(22,23)24)28-20-8-4-15-11-14(9-10-25)3-6-18(15)26-20/h3-8,11-13H,9-10,25H2,1-2H3. The number of halogens is 3. The quantitative estimate of drug-likeness (QED) is 0.618. The molecular weight excluding hydrogens is 369 g/mol. The predicted molar refractivity (Wildman–Crippen MR) is 102 cm³/mol. The second-order valence-corrected chi connectivity index (χ2v) is 6.64. The number of aromatic nitrogens is 1. The molecule has 0 saturated heterocycles. The highest BCUT2D eigenvalue weighted by Crippen LogP contribution is 2.40. The summed E-state index contributed by atoms with van der Waals surface area (Å²) in [6.07, 6.45) is -4.08. The van der Waals surface area contributed by atoms with Gasteiger partial charge in [-0.25, -0.2) is 4.98 Å². The first-order valence-electron chi connectivity index (χ1n) is 8.92. The molecule has 0 fully saturated rings. The zero-order valence-electron chi connectivity index (χ0n) is 15.6. The molecule has 4 nitrogen and oxygen atoms in total. The van der Waals surface area contributed by atoms with Crippen molar-refractivity contribution in [3.8, 4) is 17.4 Å². The summed E-state index contributed by atoms with van der Waals surface area (Å²) in [6, 6.07) is 12.6. The van der Waals surface area contributed by atoms with Crippen molar-refractivity contribution in [3.05, 3.63) is 59.7 Å². The Kier molecular flexibility index (Phi) is 5.74. The van der Waals surface area contributed by atoms with Gasteiger partial charge in [-0.15, -0.1) is 0 Å². The van der Waals surface area contributed by atoms with Crippen LogP contribution in [0.2, 0.25) is 0 Å². The number of hydrogen-bond acceptors (Lipinski definition) is 4. The third-order valence-corrected chi connectivity index (χ3v) is 4.00. The van der Waals surface area contributed by atoms with E-state index in [0.717, 1.165) is 23.4 Å². The zero-order chi connectivity index (χ0) is 20.3. The molecule has 1 heterocycles. The van der Waals surface area contributed by atoms with Crippen molar-refractivity contribution in [2.75, 3.05) is 6.54 Å². The smallest absolute Gasteiger partial charge is 0.420 e. The number of alkyl halides is 3. The van der Waals surface area contributed by atoms with Gasteiger partial charge in [0, 0.05) is 11.5 Å². The lowest BCUT2D eigenvalue weighted by molar-refractivity contribution is -0.138. The monoisotopic (exact) mass is 390 g/mol. The highest BCUT2D eigenvalue weighted by atomic mass is 19.4. The number of rotatable bonds is 6. The maximum absolute atomic E-state index is 13.5. The van der Waals surface area contributed by atoms with Crippen molar-refractivity contribution < 1.29 is 22.6 Å². The summed E-state index contributed by atoms with van der Waals surface area (Å²) < 4.78 is 51.3. The Morgan fingerprint density at radius 1 is 1.04 bits per heavy atom. The number of pyridine rings is 1. The Hall–Kier alpha value is -2.80. The molecule has 0 aliphatic rings. The first-order valence-corrected chi connectivity index (χ1v) is 8.92. The van der Waals surface area contributed by atoms with Crippen LogP contribution in [0.4, 0.5) is 13.2 Å². The molecule has 0 radical (unpaired) electrons. The van der Waals surface area contributed by atoms with Gasteiger partial charge >= 0.3 is 6.18 Å². The van der Waals surface area contributed by atoms with Gasteiger partial charge in [0.25, 0.3) is 0 Å². The van der Waals surface area contributed by atoms with Crippen LogP contribution in [0.15, 0.2) is 48.5 Å². The van der Waals surface area contributed by atoms with Crippen molar-refractivity contribution in [2.24, 2.45) is 5.73 Å². The summed E-state index contributed by atoms with van der Waals surface area (Å²) >= 11 is 0. The first-order chi connectivity index (χ1) is 13.3. The Bertz CT molecular complexity index is 972. The summed E-state index contributed by atoms with van der Waals surface area (Å²) in [4.78, 5) is 4.31. The molecule has 1 aromatic heterocycles. The lowest BCUT2D eigenvalue weighted by Crippen LogP contribution is -2.10. The Labute approximate surface area is 161 Å². The third kappa shape index (κ3) is 4.72. The van der Waals surface area contributed by atoms with Crippen LogP contribution in [0, 0.1) is 0 Å². The zero-order valence-corrected chi connectivity index (χ0v) is 15.6. The van der Waals surface area contributed by atoms with Gasteiger partial charge in [0.1, 0.15) is 17.1 Å². The molecule has 3 aromatic rings. The van der Waals surface area contributed by atoms with Crippen LogP contribution in [-0.4, -0.2) is 17.6 Å². The summed E-state index contributed by atoms with van der Waals surface area (Å²) in [7, 11) is 0. The van der Waals surface area contributed by atoms with Gasteiger partial charge in [0.05, 0.1) is 11.6 Å². The topological polar surface area (TPSA) is 57.4 Å². The van der Waals surface area contributed by atoms with E-state index in [1.807, 2.05) is 12.1 Å². The normalized spacial score (nSPS) is 11.8. The number of ether oxygens (including phenoxy) is 2. The lowest BCUT2D eigenvalue weighted by atomic mass is 10.1. The molecule has 0 saturated carbocycles. The van der Waals surface area contributed by atoms with E-state index in [4.69, 9.17) is 15.2 Å². The molecule has 7 heteroatoms. The summed E-state index contributed by atoms with van der Waals surface area (Å²) in [6.45, 7) is 4.03. The third-order valence-electron chi connectivity index (χ3n) is 4.00. The van der Waals surface area contributed by atoms with Crippen molar-refractivity contribution in [1.82, 2.24) is 4.98 Å². The molecule has 0 amide bonds. The van der Waals surface area contributed by atoms with Gasteiger partial charge in [0.2, 0.25) is 5.88 Å². The van der Waals surface area contributed by atoms with Gasteiger partial charge in [-0.3, -0.25) is 0 Å². The minimum absolute atomic E-state index is 0.0853. The number of benzene rings is 2. The minimum Gasteiger partial charge on any atom is -0.491 e. The molecule has 2 N–H and O–H groups in total. The predicted octanol–water partition coefficient (Wildman–Crippen LogP) is 5.33. The Morgan fingerprint density at radius 3 is 2.50 bits per heavy atom. The van der Waals surface area contributed by atoms with Crippen LogP contribution in [0.25, 0.3) is 10.9 Å². The van der Waals surface area contributed by atoms with Crippen LogP contribution >= 0.6 is 0 Å². The fourth-order valence-corrected chi connectivity index (χ4v) is 2.81. The first kappa shape index (κ1) is 19.9. The fraction of sp³-hybridized carbons (Fsp3) is 0.286. The molecule has 148 valence electrons. The minimum atomic E-state index is -4.58. The number of hydrogen-bond donors (Lipinski definition) is 1. The Balaban J connectivity index is 1.92. The molecular formula is C21H21F3N2O2. The van der Waals surface area contributed by atoms with Crippen LogP contribution in [0.1, 0.15) is 25.0 Å². The van der Waals surface area contributed by atoms with Gasteiger partial charge < -0.3 is 15.2 Å². The van der Waals surface area contributed by atoms with Gasteiger partial charge in [-0.2, -0.15) is 13.2 Å². The maximum atomic E-state index is 13.5. The van der Waals surface area contributed by atoms with Gasteiger partial charge in [-0.05, 0) is 68.8 Å². The average Bonchev–Trinajstić information content (AvgIpc) is 2.62. The van der Waals surface area contributed by atoms with E-state index in [0.29, 0.717) is 12.1 Å². The van der Waals surface area contributed by atoms with Crippen LogP contribution in [-0.2, 0) is 12.6 Å². The number of nitrogens with two attached hydrogens (primary N) is 1. The molecule has 0 aliphatic heterocycles. The molecule has 28 heavy (non-hydrogen) atoms. The van der Waals surface area contributed by atoms with E-state index in [2.05, 4.69) is 4.98 Å². The fourth-order valence-electron chi connectivity index (χ4n) is 2.81. The molecule has 0 bridgehead atoms. The molecule has 0 atom stereocenters. The second kappa shape index (κ2) is 8.06. The van der Waals surface area contributed by atoms with Gasteiger partial charge in [-0.1, -0.05) is 6.07 Å². The molecule has 0 unspecified atom stereocenters. The largest absolute Gasteiger partial charge is 0.491 e. The van der Waals surface area contributed by atoms with Crippen LogP contribution in [0.5, 0.6) is 17.4 Å². The summed E-state index contributed by atoms with van der Waals surface area (Å²) in [5.74, 6) is -0.106. The summed E-state index contributed by atoms with van der Waals surface area (Å²) in [5.41, 5.74) is 6.36. The molecule has 0 aliphatic carbocycles. The highest BCUT2D eigenvalue weighted by Gasteiger charge is 2.35. The van der Waals surface area contributed by atoms with E-state index in [9.17, 15) is 13.2 Å². The molecule has 0 spiro atoms. The van der Waals surface area contributed by atoms with Crippen LogP contribution < -0.4 is 15.2 Å². The SMILES string of the molecule is CC(C)Oc1ccc(Oc2ccc3cc(CCN)ccc3n2)c(C(F)(F)F)c1. The van der Waals surface area contributed by atoms with Crippen molar-refractivity contribution in [3.63, 3.8) is 0 Å². The van der Waals surface area contributed by atoms with E-state index < -0.39 is 11.7 Å². The second-order valence-electron chi connectivity index (χ2n) is 6.64. The van der Waals surface area contributed by atoms with Gasteiger partial charge in [0.15, 0.2) is 0 Å². The Morgan fingerprint density at radius 2 is 1.82 bits per heavy atom. The van der Waals surface area contributed by atoms with Crippen LogP contribution in [0.3, 0.4) is 0 Å². The van der Waals surface area contributed by atoms with E-state index in [-0.39, 0.29) is 23.5 Å². The number of nitrogens with zero attached hydrogens (tertiary/aromatic N) is 1. The molecule has 3 rings (SSSR count). The lowest BCUT2D eigenvalue weighted by Gasteiger charge is -2.16. The van der Waals surface area contributed by atoms with Crippen molar-refractivity contribution in [1.29, 1.82) is 0 Å². The highest BCUT2D eigenvalue weighted by molar-refractivity contribution is 5.79. The number of fused-ring (bicyclic) bond motifs is 1. The summed E-state index contributed by atoms with van der Waals surface area (Å²) in [5, 5.41) is 0.870. The molecule has 2 aromatic carbocycles. The van der Waals surface area contributed by atoms with Crippen molar-refractivity contribution in [2.45, 2.75) is 32.5 Å². The van der Waals surface area contributed by atoms with E-state index >= 15 is 0 Å².